The molecule has 20 heavy (non-hydrogen) atoms. The molecule has 2 N–H and O–H groups in total. The van der Waals surface area contributed by atoms with Crippen molar-refractivity contribution in [3.8, 4) is 0 Å². The first-order valence-corrected chi connectivity index (χ1v) is 8.00. The second-order valence-electron chi connectivity index (χ2n) is 3.24. The summed E-state index contributed by atoms with van der Waals surface area (Å²) in [6.07, 6.45) is 2.78. The van der Waals surface area contributed by atoms with Gasteiger partial charge in [-0.3, -0.25) is 10.1 Å². The minimum atomic E-state index is -0.497. The third kappa shape index (κ3) is 5.43. The molecule has 0 fully saturated rings. The van der Waals surface area contributed by atoms with Crippen molar-refractivity contribution < 1.29 is 4.92 Å². The first-order chi connectivity index (χ1) is 9.31. The van der Waals surface area contributed by atoms with Gasteiger partial charge in [0, 0.05) is 4.47 Å². The van der Waals surface area contributed by atoms with E-state index in [2.05, 4.69) is 73.7 Å². The number of pyridine rings is 2. The highest BCUT2D eigenvalue weighted by atomic mass is 79.9. The summed E-state index contributed by atoms with van der Waals surface area (Å²) in [6, 6.07) is 3.33. The Labute approximate surface area is 147 Å². The van der Waals surface area contributed by atoms with Gasteiger partial charge in [0.15, 0.2) is 0 Å². The van der Waals surface area contributed by atoms with E-state index in [9.17, 15) is 10.1 Å². The summed E-state index contributed by atoms with van der Waals surface area (Å²) in [7, 11) is 0. The lowest BCUT2D eigenvalue weighted by atomic mass is 10.4. The zero-order chi connectivity index (χ0) is 15.3. The molecule has 6 nitrogen and oxygen atoms in total. The van der Waals surface area contributed by atoms with E-state index in [4.69, 9.17) is 5.73 Å². The summed E-state index contributed by atoms with van der Waals surface area (Å²) in [5.41, 5.74) is 6.08. The van der Waals surface area contributed by atoms with Gasteiger partial charge in [-0.15, -0.1) is 0 Å². The molecule has 10 heteroatoms. The lowest BCUT2D eigenvalue weighted by Gasteiger charge is -1.94. The molecule has 0 bridgehead atoms. The van der Waals surface area contributed by atoms with E-state index in [1.807, 2.05) is 0 Å². The van der Waals surface area contributed by atoms with E-state index in [0.717, 1.165) is 9.08 Å². The van der Waals surface area contributed by atoms with Gasteiger partial charge >= 0.3 is 5.69 Å². The highest BCUT2D eigenvalue weighted by Crippen LogP contribution is 2.25. The Balaban J connectivity index is 0.000000204. The van der Waals surface area contributed by atoms with Gasteiger partial charge < -0.3 is 5.73 Å². The highest BCUT2D eigenvalue weighted by molar-refractivity contribution is 9.11. The van der Waals surface area contributed by atoms with Crippen LogP contribution in [0.4, 0.5) is 11.4 Å². The number of halogens is 4. The molecule has 0 saturated heterocycles. The number of nitrogen functional groups attached to an aromatic ring is 1. The van der Waals surface area contributed by atoms with Gasteiger partial charge in [0.25, 0.3) is 0 Å². The Hall–Kier alpha value is -0.580. The van der Waals surface area contributed by atoms with Crippen molar-refractivity contribution in [2.45, 2.75) is 0 Å². The predicted octanol–water partition coefficient (Wildman–Crippen LogP) is 4.70. The number of nitrogens with zero attached hydrogens (tertiary/aromatic N) is 3. The third-order valence-corrected chi connectivity index (χ3v) is 4.04. The number of anilines is 1. The molecule has 0 aliphatic rings. The van der Waals surface area contributed by atoms with Gasteiger partial charge in [-0.1, -0.05) is 0 Å². The topological polar surface area (TPSA) is 94.9 Å². The van der Waals surface area contributed by atoms with Crippen LogP contribution in [0.1, 0.15) is 0 Å². The molecule has 2 aromatic heterocycles. The molecular formula is C10H6Br4N4O2. The molecule has 0 aliphatic heterocycles. The molecule has 106 valence electrons. The zero-order valence-electron chi connectivity index (χ0n) is 9.56. The lowest BCUT2D eigenvalue weighted by molar-refractivity contribution is -0.386. The van der Waals surface area contributed by atoms with E-state index < -0.39 is 4.92 Å². The van der Waals surface area contributed by atoms with Crippen LogP contribution >= 0.6 is 63.7 Å². The van der Waals surface area contributed by atoms with Crippen molar-refractivity contribution >= 4 is 75.1 Å². The summed E-state index contributed by atoms with van der Waals surface area (Å²) < 4.78 is 2.63. The van der Waals surface area contributed by atoms with Crippen LogP contribution in [0.5, 0.6) is 0 Å². The Morgan fingerprint density at radius 1 is 1.00 bits per heavy atom. The van der Waals surface area contributed by atoms with Crippen LogP contribution in [0.2, 0.25) is 0 Å². The standard InChI is InChI=1S/C5H2Br2N2O2.C5H4Br2N2/c6-3-1-5(7)8-2-4(3)9(10)11;6-3-1-5(7)9-2-4(3)8/h1-2H;1-2H,8H2. The van der Waals surface area contributed by atoms with Crippen molar-refractivity contribution in [3.05, 3.63) is 52.8 Å². The predicted molar refractivity (Wildman–Crippen MR) is 90.3 cm³/mol. The fourth-order valence-corrected chi connectivity index (χ4v) is 3.01. The molecule has 2 heterocycles. The Kier molecular flexibility index (Phi) is 7.00. The maximum atomic E-state index is 10.3. The summed E-state index contributed by atoms with van der Waals surface area (Å²) >= 11 is 12.6. The van der Waals surface area contributed by atoms with Crippen LogP contribution < -0.4 is 5.73 Å². The molecule has 0 spiro atoms. The van der Waals surface area contributed by atoms with Crippen LogP contribution in [0, 0.1) is 10.1 Å². The molecule has 0 atom stereocenters. The molecule has 0 amide bonds. The molecular weight excluding hydrogens is 528 g/mol. The number of rotatable bonds is 1. The van der Waals surface area contributed by atoms with Crippen molar-refractivity contribution in [2.75, 3.05) is 5.73 Å². The van der Waals surface area contributed by atoms with Gasteiger partial charge in [0.1, 0.15) is 15.4 Å². The number of nitrogens with two attached hydrogens (primary N) is 1. The van der Waals surface area contributed by atoms with Gasteiger partial charge in [0.05, 0.1) is 21.3 Å². The van der Waals surface area contributed by atoms with Crippen molar-refractivity contribution in [1.29, 1.82) is 0 Å². The molecule has 0 unspecified atom stereocenters. The number of aromatic nitrogens is 2. The maximum Gasteiger partial charge on any atom is 0.301 e. The Bertz CT molecular complexity index is 639. The molecule has 0 radical (unpaired) electrons. The van der Waals surface area contributed by atoms with Gasteiger partial charge in [-0.05, 0) is 75.9 Å². The van der Waals surface area contributed by atoms with Crippen LogP contribution in [-0.2, 0) is 0 Å². The zero-order valence-corrected chi connectivity index (χ0v) is 15.9. The molecule has 0 aromatic carbocycles. The highest BCUT2D eigenvalue weighted by Gasteiger charge is 2.11. The average Bonchev–Trinajstić information content (AvgIpc) is 2.34. The second-order valence-corrected chi connectivity index (χ2v) is 6.58. The average molecular weight is 534 g/mol. The Morgan fingerprint density at radius 2 is 1.50 bits per heavy atom. The quantitative estimate of drug-likeness (QED) is 0.326. The summed E-state index contributed by atoms with van der Waals surface area (Å²) in [5, 5.41) is 10.3. The van der Waals surface area contributed by atoms with Gasteiger partial charge in [0.2, 0.25) is 0 Å². The van der Waals surface area contributed by atoms with E-state index >= 15 is 0 Å². The summed E-state index contributed by atoms with van der Waals surface area (Å²) in [5.74, 6) is 0. The lowest BCUT2D eigenvalue weighted by Crippen LogP contribution is -1.90. The number of nitro groups is 1. The van der Waals surface area contributed by atoms with E-state index in [1.54, 1.807) is 12.3 Å². The first kappa shape index (κ1) is 17.5. The molecule has 0 aliphatic carbocycles. The fourth-order valence-electron chi connectivity index (χ4n) is 0.953. The smallest absolute Gasteiger partial charge is 0.301 e. The van der Waals surface area contributed by atoms with Gasteiger partial charge in [-0.25, -0.2) is 9.97 Å². The third-order valence-electron chi connectivity index (χ3n) is 1.85. The SMILES string of the molecule is Nc1cnc(Br)cc1Br.O=[N+]([O-])c1cnc(Br)cc1Br. The van der Waals surface area contributed by atoms with Crippen LogP contribution in [0.15, 0.2) is 42.7 Å². The fraction of sp³-hybridized carbons (Fsp3) is 0. The largest absolute Gasteiger partial charge is 0.397 e. The van der Waals surface area contributed by atoms with Crippen molar-refractivity contribution in [3.63, 3.8) is 0 Å². The number of hydrogen-bond donors (Lipinski definition) is 1. The monoisotopic (exact) mass is 530 g/mol. The van der Waals surface area contributed by atoms with Crippen molar-refractivity contribution in [2.24, 2.45) is 0 Å². The first-order valence-electron chi connectivity index (χ1n) is 4.83. The normalized spacial score (nSPS) is 9.60. The molecule has 2 aromatic rings. The second kappa shape index (κ2) is 8.01. The van der Waals surface area contributed by atoms with E-state index in [1.165, 1.54) is 12.3 Å². The molecule has 0 saturated carbocycles. The Morgan fingerprint density at radius 3 is 1.90 bits per heavy atom. The van der Waals surface area contributed by atoms with Gasteiger partial charge in [-0.2, -0.15) is 0 Å². The summed E-state index contributed by atoms with van der Waals surface area (Å²) in [6.45, 7) is 0. The van der Waals surface area contributed by atoms with E-state index in [-0.39, 0.29) is 5.69 Å². The van der Waals surface area contributed by atoms with Crippen LogP contribution in [0.25, 0.3) is 0 Å². The van der Waals surface area contributed by atoms with Crippen molar-refractivity contribution in [1.82, 2.24) is 9.97 Å². The molecule has 2 rings (SSSR count). The van der Waals surface area contributed by atoms with Crippen LogP contribution in [-0.4, -0.2) is 14.9 Å². The summed E-state index contributed by atoms with van der Waals surface area (Å²) in [4.78, 5) is 17.4. The van der Waals surface area contributed by atoms with E-state index in [0.29, 0.717) is 14.8 Å². The minimum absolute atomic E-state index is 0.0341. The van der Waals surface area contributed by atoms with Crippen LogP contribution in [0.3, 0.4) is 0 Å². The minimum Gasteiger partial charge on any atom is -0.397 e. The maximum absolute atomic E-state index is 10.3. The number of hydrogen-bond acceptors (Lipinski definition) is 5.